The molecule has 0 aromatic carbocycles. The summed E-state index contributed by atoms with van der Waals surface area (Å²) < 4.78 is 0. The lowest BCUT2D eigenvalue weighted by Gasteiger charge is -2.34. The summed E-state index contributed by atoms with van der Waals surface area (Å²) in [7, 11) is 0. The molecule has 2 aliphatic rings. The molecule has 2 heteroatoms. The summed E-state index contributed by atoms with van der Waals surface area (Å²) in [5.41, 5.74) is 0. The fourth-order valence-electron chi connectivity index (χ4n) is 2.93. The molecule has 0 aromatic rings. The van der Waals surface area contributed by atoms with E-state index in [9.17, 15) is 5.11 Å². The number of piperidine rings is 1. The molecule has 0 amide bonds. The molecule has 0 radical (unpaired) electrons. The van der Waals surface area contributed by atoms with E-state index in [1.807, 2.05) is 6.92 Å². The van der Waals surface area contributed by atoms with E-state index in [0.717, 1.165) is 25.0 Å². The summed E-state index contributed by atoms with van der Waals surface area (Å²) in [5.74, 6) is 0. The van der Waals surface area contributed by atoms with E-state index in [1.165, 1.54) is 32.1 Å². The van der Waals surface area contributed by atoms with Crippen molar-refractivity contribution in [1.82, 2.24) is 4.90 Å². The van der Waals surface area contributed by atoms with Gasteiger partial charge in [0, 0.05) is 18.6 Å². The second kappa shape index (κ2) is 3.97. The molecule has 2 bridgehead atoms. The van der Waals surface area contributed by atoms with Crippen molar-refractivity contribution in [3.05, 3.63) is 0 Å². The van der Waals surface area contributed by atoms with Crippen molar-refractivity contribution >= 4 is 0 Å². The van der Waals surface area contributed by atoms with Gasteiger partial charge < -0.3 is 5.11 Å². The second-order valence-corrected chi connectivity index (χ2v) is 4.69. The smallest absolute Gasteiger partial charge is 0.0524 e. The molecule has 2 nitrogen and oxygen atoms in total. The summed E-state index contributed by atoms with van der Waals surface area (Å²) in [5, 5.41) is 9.25. The molecule has 0 aromatic heterocycles. The van der Waals surface area contributed by atoms with Crippen LogP contribution >= 0.6 is 0 Å². The van der Waals surface area contributed by atoms with Crippen LogP contribution in [0.3, 0.4) is 0 Å². The average molecular weight is 183 g/mol. The Bertz CT molecular complexity index is 153. The van der Waals surface area contributed by atoms with Gasteiger partial charge in [-0.05, 0) is 39.0 Å². The third kappa shape index (κ3) is 2.05. The first-order valence-electron chi connectivity index (χ1n) is 5.71. The van der Waals surface area contributed by atoms with Gasteiger partial charge in [-0.25, -0.2) is 0 Å². The number of nitrogens with zero attached hydrogens (tertiary/aromatic N) is 1. The highest BCUT2D eigenvalue weighted by Crippen LogP contribution is 2.35. The highest BCUT2D eigenvalue weighted by atomic mass is 16.3. The molecule has 2 saturated heterocycles. The van der Waals surface area contributed by atoms with E-state index in [0.29, 0.717) is 0 Å². The molecule has 2 aliphatic heterocycles. The Labute approximate surface area is 80.9 Å². The Kier molecular flexibility index (Phi) is 2.89. The van der Waals surface area contributed by atoms with Gasteiger partial charge in [-0.15, -0.1) is 0 Å². The minimum atomic E-state index is -0.124. The third-order valence-corrected chi connectivity index (χ3v) is 3.65. The van der Waals surface area contributed by atoms with Crippen LogP contribution in [0.5, 0.6) is 0 Å². The maximum atomic E-state index is 9.25. The van der Waals surface area contributed by atoms with Gasteiger partial charge in [0.2, 0.25) is 0 Å². The standard InChI is InChI=1S/C11H21NO/c1-9(13)7-8-12-10-3-2-4-11(12)6-5-10/h9-11,13H,2-8H2,1H3. The normalized spacial score (nSPS) is 36.5. The third-order valence-electron chi connectivity index (χ3n) is 3.65. The number of fused-ring (bicyclic) bond motifs is 2. The molecular weight excluding hydrogens is 162 g/mol. The van der Waals surface area contributed by atoms with Gasteiger partial charge in [-0.2, -0.15) is 0 Å². The van der Waals surface area contributed by atoms with Crippen LogP contribution in [0, 0.1) is 0 Å². The lowest BCUT2D eigenvalue weighted by molar-refractivity contribution is 0.105. The maximum Gasteiger partial charge on any atom is 0.0524 e. The zero-order valence-electron chi connectivity index (χ0n) is 8.58. The Balaban J connectivity index is 1.85. The average Bonchev–Trinajstić information content (AvgIpc) is 2.34. The first-order chi connectivity index (χ1) is 6.27. The number of rotatable bonds is 3. The number of hydrogen-bond donors (Lipinski definition) is 1. The predicted molar refractivity (Wildman–Crippen MR) is 53.7 cm³/mol. The van der Waals surface area contributed by atoms with Gasteiger partial charge in [0.15, 0.2) is 0 Å². The van der Waals surface area contributed by atoms with Crippen molar-refractivity contribution in [3.63, 3.8) is 0 Å². The van der Waals surface area contributed by atoms with Crippen LogP contribution in [0.2, 0.25) is 0 Å². The number of hydrogen-bond acceptors (Lipinski definition) is 2. The number of aliphatic hydroxyl groups excluding tert-OH is 1. The SMILES string of the molecule is CC(O)CCN1C2CCCC1CC2. The molecule has 2 rings (SSSR count). The van der Waals surface area contributed by atoms with Gasteiger partial charge in [0.05, 0.1) is 6.10 Å². The van der Waals surface area contributed by atoms with Crippen molar-refractivity contribution in [2.45, 2.75) is 63.6 Å². The van der Waals surface area contributed by atoms with Gasteiger partial charge in [-0.3, -0.25) is 4.90 Å². The van der Waals surface area contributed by atoms with Crippen LogP contribution in [0.25, 0.3) is 0 Å². The molecule has 3 atom stereocenters. The van der Waals surface area contributed by atoms with E-state index in [1.54, 1.807) is 0 Å². The molecule has 76 valence electrons. The molecule has 2 heterocycles. The Hall–Kier alpha value is -0.0800. The second-order valence-electron chi connectivity index (χ2n) is 4.69. The largest absolute Gasteiger partial charge is 0.393 e. The van der Waals surface area contributed by atoms with E-state index in [-0.39, 0.29) is 6.10 Å². The minimum Gasteiger partial charge on any atom is -0.393 e. The summed E-state index contributed by atoms with van der Waals surface area (Å²) in [6.07, 6.45) is 7.87. The summed E-state index contributed by atoms with van der Waals surface area (Å²) in [6, 6.07) is 1.72. The summed E-state index contributed by atoms with van der Waals surface area (Å²) in [4.78, 5) is 2.65. The maximum absolute atomic E-state index is 9.25. The summed E-state index contributed by atoms with van der Waals surface area (Å²) in [6.45, 7) is 3.01. The highest BCUT2D eigenvalue weighted by Gasteiger charge is 2.35. The van der Waals surface area contributed by atoms with Crippen molar-refractivity contribution in [1.29, 1.82) is 0 Å². The van der Waals surface area contributed by atoms with Crippen LogP contribution < -0.4 is 0 Å². The molecular formula is C11H21NO. The van der Waals surface area contributed by atoms with Gasteiger partial charge in [-0.1, -0.05) is 6.42 Å². The van der Waals surface area contributed by atoms with Crippen molar-refractivity contribution < 1.29 is 5.11 Å². The molecule has 3 unspecified atom stereocenters. The molecule has 0 aliphatic carbocycles. The topological polar surface area (TPSA) is 23.5 Å². The van der Waals surface area contributed by atoms with Crippen LogP contribution in [0.1, 0.15) is 45.4 Å². The number of aliphatic hydroxyl groups is 1. The Morgan fingerprint density at radius 2 is 1.85 bits per heavy atom. The highest BCUT2D eigenvalue weighted by molar-refractivity contribution is 4.91. The minimum absolute atomic E-state index is 0.124. The van der Waals surface area contributed by atoms with Crippen molar-refractivity contribution in [2.75, 3.05) is 6.54 Å². The quantitative estimate of drug-likeness (QED) is 0.721. The fraction of sp³-hybridized carbons (Fsp3) is 1.00. The Morgan fingerprint density at radius 1 is 1.23 bits per heavy atom. The van der Waals surface area contributed by atoms with E-state index < -0.39 is 0 Å². The zero-order valence-corrected chi connectivity index (χ0v) is 8.58. The molecule has 1 N–H and O–H groups in total. The first-order valence-corrected chi connectivity index (χ1v) is 5.71. The van der Waals surface area contributed by atoms with Crippen LogP contribution in [0.15, 0.2) is 0 Å². The van der Waals surface area contributed by atoms with Gasteiger partial charge in [0.25, 0.3) is 0 Å². The van der Waals surface area contributed by atoms with Crippen LogP contribution in [-0.2, 0) is 0 Å². The lowest BCUT2D eigenvalue weighted by Crippen LogP contribution is -2.40. The van der Waals surface area contributed by atoms with Crippen LogP contribution in [-0.4, -0.2) is 34.7 Å². The predicted octanol–water partition coefficient (Wildman–Crippen LogP) is 1.77. The monoisotopic (exact) mass is 183 g/mol. The lowest BCUT2D eigenvalue weighted by atomic mass is 10.0. The van der Waals surface area contributed by atoms with Gasteiger partial charge in [0.1, 0.15) is 0 Å². The Morgan fingerprint density at radius 3 is 2.38 bits per heavy atom. The van der Waals surface area contributed by atoms with E-state index in [4.69, 9.17) is 0 Å². The molecule has 13 heavy (non-hydrogen) atoms. The van der Waals surface area contributed by atoms with E-state index in [2.05, 4.69) is 4.90 Å². The fourth-order valence-corrected chi connectivity index (χ4v) is 2.93. The van der Waals surface area contributed by atoms with E-state index >= 15 is 0 Å². The zero-order chi connectivity index (χ0) is 9.26. The molecule has 0 saturated carbocycles. The van der Waals surface area contributed by atoms with Crippen LogP contribution in [0.4, 0.5) is 0 Å². The molecule has 2 fully saturated rings. The first kappa shape index (κ1) is 9.47. The van der Waals surface area contributed by atoms with Gasteiger partial charge >= 0.3 is 0 Å². The molecule has 0 spiro atoms. The van der Waals surface area contributed by atoms with Crippen molar-refractivity contribution in [2.24, 2.45) is 0 Å². The van der Waals surface area contributed by atoms with Crippen molar-refractivity contribution in [3.8, 4) is 0 Å². The summed E-state index contributed by atoms with van der Waals surface area (Å²) >= 11 is 0.